The summed E-state index contributed by atoms with van der Waals surface area (Å²) in [4.78, 5) is 23.4. The van der Waals surface area contributed by atoms with Gasteiger partial charge in [-0.3, -0.25) is 9.59 Å². The van der Waals surface area contributed by atoms with Gasteiger partial charge in [-0.05, 0) is 36.8 Å². The van der Waals surface area contributed by atoms with Gasteiger partial charge in [0.1, 0.15) is 11.5 Å². The molecule has 0 aliphatic carbocycles. The van der Waals surface area contributed by atoms with E-state index < -0.39 is 11.8 Å². The van der Waals surface area contributed by atoms with E-state index in [4.69, 9.17) is 20.8 Å². The lowest BCUT2D eigenvalue weighted by atomic mass is 10.2. The Balaban J connectivity index is 1.89. The Morgan fingerprint density at radius 1 is 1.32 bits per heavy atom. The highest BCUT2D eigenvalue weighted by Gasteiger charge is 2.12. The standard InChI is InChI=1S/C17H18ClN3O4/c1-2-7-25-15-6-5-13(18)9-12(15)10-20-21-17(23)16(22)19-11-14-4-3-8-24-14/h3-6,8-10H,2,7,11H2,1H3,(H,19,22)(H,21,23)/b20-10-. The average Bonchev–Trinajstić information content (AvgIpc) is 3.12. The third kappa shape index (κ3) is 5.96. The molecule has 2 N–H and O–H groups in total. The van der Waals surface area contributed by atoms with Crippen molar-refractivity contribution in [3.05, 3.63) is 52.9 Å². The van der Waals surface area contributed by atoms with Crippen LogP contribution in [0.15, 0.2) is 46.1 Å². The van der Waals surface area contributed by atoms with Crippen LogP contribution in [0.25, 0.3) is 0 Å². The van der Waals surface area contributed by atoms with Gasteiger partial charge < -0.3 is 14.5 Å². The summed E-state index contributed by atoms with van der Waals surface area (Å²) < 4.78 is 10.6. The number of furan rings is 1. The molecule has 132 valence electrons. The molecule has 0 aliphatic heterocycles. The maximum Gasteiger partial charge on any atom is 0.329 e. The summed E-state index contributed by atoms with van der Waals surface area (Å²) in [6, 6.07) is 8.45. The monoisotopic (exact) mass is 363 g/mol. The fourth-order valence-electron chi connectivity index (χ4n) is 1.84. The largest absolute Gasteiger partial charge is 0.493 e. The van der Waals surface area contributed by atoms with Crippen molar-refractivity contribution in [2.75, 3.05) is 6.61 Å². The van der Waals surface area contributed by atoms with Gasteiger partial charge in [-0.2, -0.15) is 5.10 Å². The predicted molar refractivity (Wildman–Crippen MR) is 93.5 cm³/mol. The van der Waals surface area contributed by atoms with E-state index in [9.17, 15) is 9.59 Å². The average molecular weight is 364 g/mol. The first-order valence-corrected chi connectivity index (χ1v) is 8.04. The Kier molecular flexibility index (Phi) is 7.03. The molecule has 0 unspecified atom stereocenters. The smallest absolute Gasteiger partial charge is 0.329 e. The third-order valence-electron chi connectivity index (χ3n) is 3.01. The number of carbonyl (C=O) groups excluding carboxylic acids is 2. The highest BCUT2D eigenvalue weighted by atomic mass is 35.5. The van der Waals surface area contributed by atoms with Gasteiger partial charge in [-0.1, -0.05) is 18.5 Å². The third-order valence-corrected chi connectivity index (χ3v) is 3.25. The van der Waals surface area contributed by atoms with Gasteiger partial charge in [-0.15, -0.1) is 0 Å². The second-order valence-electron chi connectivity index (χ2n) is 4.99. The molecule has 8 heteroatoms. The molecular weight excluding hydrogens is 346 g/mol. The van der Waals surface area contributed by atoms with E-state index in [1.807, 2.05) is 6.92 Å². The van der Waals surface area contributed by atoms with E-state index in [2.05, 4.69) is 15.8 Å². The molecule has 0 spiro atoms. The van der Waals surface area contributed by atoms with E-state index in [-0.39, 0.29) is 6.54 Å². The summed E-state index contributed by atoms with van der Waals surface area (Å²) in [5.74, 6) is -0.573. The van der Waals surface area contributed by atoms with Crippen molar-refractivity contribution in [3.8, 4) is 5.75 Å². The Morgan fingerprint density at radius 3 is 2.88 bits per heavy atom. The van der Waals surface area contributed by atoms with Gasteiger partial charge in [0.2, 0.25) is 0 Å². The normalized spacial score (nSPS) is 10.6. The highest BCUT2D eigenvalue weighted by Crippen LogP contribution is 2.21. The molecular formula is C17H18ClN3O4. The molecule has 0 aliphatic rings. The minimum absolute atomic E-state index is 0.117. The van der Waals surface area contributed by atoms with Crippen LogP contribution in [0.2, 0.25) is 5.02 Å². The number of ether oxygens (including phenoxy) is 1. The van der Waals surface area contributed by atoms with Crippen LogP contribution >= 0.6 is 11.6 Å². The van der Waals surface area contributed by atoms with E-state index in [0.29, 0.717) is 28.7 Å². The lowest BCUT2D eigenvalue weighted by Crippen LogP contribution is -2.37. The number of nitrogens with one attached hydrogen (secondary N) is 2. The Bertz CT molecular complexity index is 744. The quantitative estimate of drug-likeness (QED) is 0.449. The molecule has 0 fully saturated rings. The van der Waals surface area contributed by atoms with Crippen molar-refractivity contribution in [2.24, 2.45) is 5.10 Å². The number of amides is 2. The summed E-state index contributed by atoms with van der Waals surface area (Å²) in [5, 5.41) is 6.69. The van der Waals surface area contributed by atoms with Crippen LogP contribution in [0, 0.1) is 0 Å². The lowest BCUT2D eigenvalue weighted by Gasteiger charge is -2.08. The van der Waals surface area contributed by atoms with Crippen LogP contribution in [-0.4, -0.2) is 24.6 Å². The van der Waals surface area contributed by atoms with Gasteiger partial charge in [-0.25, -0.2) is 5.43 Å². The fraction of sp³-hybridized carbons (Fsp3) is 0.235. The molecule has 2 rings (SSSR count). The zero-order valence-corrected chi connectivity index (χ0v) is 14.4. The second-order valence-corrected chi connectivity index (χ2v) is 5.43. The van der Waals surface area contributed by atoms with Crippen molar-refractivity contribution in [1.29, 1.82) is 0 Å². The van der Waals surface area contributed by atoms with Gasteiger partial charge in [0.05, 0.1) is 25.6 Å². The van der Waals surface area contributed by atoms with Crippen LogP contribution in [0.1, 0.15) is 24.7 Å². The Hall–Kier alpha value is -2.80. The number of hydrazone groups is 1. The maximum absolute atomic E-state index is 11.7. The minimum atomic E-state index is -0.888. The zero-order chi connectivity index (χ0) is 18.1. The van der Waals surface area contributed by atoms with E-state index in [0.717, 1.165) is 6.42 Å². The molecule has 25 heavy (non-hydrogen) atoms. The molecule has 1 aromatic heterocycles. The molecule has 0 saturated carbocycles. The van der Waals surface area contributed by atoms with Crippen molar-refractivity contribution >= 4 is 29.6 Å². The molecule has 0 atom stereocenters. The van der Waals surface area contributed by atoms with E-state index in [1.165, 1.54) is 12.5 Å². The topological polar surface area (TPSA) is 92.9 Å². The van der Waals surface area contributed by atoms with Crippen LogP contribution < -0.4 is 15.5 Å². The first-order valence-electron chi connectivity index (χ1n) is 7.66. The lowest BCUT2D eigenvalue weighted by molar-refractivity contribution is -0.139. The van der Waals surface area contributed by atoms with Crippen LogP contribution in [-0.2, 0) is 16.1 Å². The highest BCUT2D eigenvalue weighted by molar-refractivity contribution is 6.35. The summed E-state index contributed by atoms with van der Waals surface area (Å²) in [6.07, 6.45) is 3.70. The number of benzene rings is 1. The SMILES string of the molecule is CCCOc1ccc(Cl)cc1/C=N\NC(=O)C(=O)NCc1ccco1. The zero-order valence-electron chi connectivity index (χ0n) is 13.6. The summed E-state index contributed by atoms with van der Waals surface area (Å²) in [6.45, 7) is 2.65. The second kappa shape index (κ2) is 9.48. The molecule has 0 bridgehead atoms. The summed E-state index contributed by atoms with van der Waals surface area (Å²) in [5.41, 5.74) is 2.75. The first-order chi connectivity index (χ1) is 12.1. The number of halogens is 1. The molecule has 0 saturated heterocycles. The van der Waals surface area contributed by atoms with Crippen molar-refractivity contribution in [1.82, 2.24) is 10.7 Å². The molecule has 1 heterocycles. The predicted octanol–water partition coefficient (Wildman–Crippen LogP) is 2.49. The number of hydrogen-bond acceptors (Lipinski definition) is 5. The summed E-state index contributed by atoms with van der Waals surface area (Å²) in [7, 11) is 0. The van der Waals surface area contributed by atoms with Gasteiger partial charge in [0.25, 0.3) is 0 Å². The van der Waals surface area contributed by atoms with Gasteiger partial charge in [0, 0.05) is 10.6 Å². The minimum Gasteiger partial charge on any atom is -0.493 e. The van der Waals surface area contributed by atoms with E-state index in [1.54, 1.807) is 30.3 Å². The van der Waals surface area contributed by atoms with Crippen molar-refractivity contribution < 1.29 is 18.7 Å². The Morgan fingerprint density at radius 2 is 2.16 bits per heavy atom. The molecule has 7 nitrogen and oxygen atoms in total. The van der Waals surface area contributed by atoms with Crippen molar-refractivity contribution in [3.63, 3.8) is 0 Å². The number of hydrogen-bond donors (Lipinski definition) is 2. The molecule has 2 amide bonds. The molecule has 0 radical (unpaired) electrons. The fourth-order valence-corrected chi connectivity index (χ4v) is 2.02. The van der Waals surface area contributed by atoms with Gasteiger partial charge in [0.15, 0.2) is 0 Å². The van der Waals surface area contributed by atoms with Gasteiger partial charge >= 0.3 is 11.8 Å². The number of carbonyl (C=O) groups is 2. The van der Waals surface area contributed by atoms with Crippen LogP contribution in [0.5, 0.6) is 5.75 Å². The van der Waals surface area contributed by atoms with Crippen LogP contribution in [0.4, 0.5) is 0 Å². The maximum atomic E-state index is 11.7. The summed E-state index contributed by atoms with van der Waals surface area (Å²) >= 11 is 5.96. The van der Waals surface area contributed by atoms with Crippen LogP contribution in [0.3, 0.4) is 0 Å². The molecule has 1 aromatic carbocycles. The van der Waals surface area contributed by atoms with Crippen molar-refractivity contribution in [2.45, 2.75) is 19.9 Å². The molecule has 2 aromatic rings. The Labute approximate surface area is 150 Å². The van der Waals surface area contributed by atoms with E-state index >= 15 is 0 Å². The number of rotatable bonds is 7. The first kappa shape index (κ1) is 18.5. The number of nitrogens with zero attached hydrogens (tertiary/aromatic N) is 1.